The lowest BCUT2D eigenvalue weighted by Crippen LogP contribution is -2.29. The summed E-state index contributed by atoms with van der Waals surface area (Å²) in [4.78, 5) is 12.6. The summed E-state index contributed by atoms with van der Waals surface area (Å²) in [5.41, 5.74) is 0. The molecule has 1 rings (SSSR count). The maximum Gasteiger partial charge on any atom is 0.223 e. The number of carbonyl (C=O) groups is 1. The highest BCUT2D eigenvalue weighted by Crippen LogP contribution is 2.17. The van der Waals surface area contributed by atoms with E-state index in [9.17, 15) is 4.79 Å². The van der Waals surface area contributed by atoms with Gasteiger partial charge in [-0.05, 0) is 13.3 Å². The van der Waals surface area contributed by atoms with Crippen LogP contribution in [0.15, 0.2) is 0 Å². The summed E-state index contributed by atoms with van der Waals surface area (Å²) in [6.07, 6.45) is 1.64. The zero-order valence-electron chi connectivity index (χ0n) is 5.43. The standard InChI is InChI=1S/C6H10ClNO/c1-5-2-3-6(9)8(5)4-7/h5H,2-4H2,1H3/t5-/m1/s1. The molecule has 0 unspecified atom stereocenters. The Morgan fingerprint density at radius 2 is 2.56 bits per heavy atom. The van der Waals surface area contributed by atoms with Gasteiger partial charge in [-0.15, -0.1) is 11.6 Å². The van der Waals surface area contributed by atoms with Crippen molar-refractivity contribution in [3.05, 3.63) is 0 Å². The van der Waals surface area contributed by atoms with E-state index in [1.807, 2.05) is 6.92 Å². The molecule has 0 aromatic rings. The average Bonchev–Trinajstić information content (AvgIpc) is 2.12. The van der Waals surface area contributed by atoms with Crippen molar-refractivity contribution >= 4 is 17.5 Å². The highest BCUT2D eigenvalue weighted by Gasteiger charge is 2.25. The molecule has 2 nitrogen and oxygen atoms in total. The number of alkyl halides is 1. The van der Waals surface area contributed by atoms with E-state index in [4.69, 9.17) is 11.6 Å². The van der Waals surface area contributed by atoms with Crippen LogP contribution in [0.4, 0.5) is 0 Å². The summed E-state index contributed by atoms with van der Waals surface area (Å²) in [6, 6.07) is 0.704. The van der Waals surface area contributed by atoms with Crippen LogP contribution in [0.3, 0.4) is 0 Å². The van der Waals surface area contributed by atoms with Crippen molar-refractivity contribution in [2.24, 2.45) is 0 Å². The number of hydrogen-bond donors (Lipinski definition) is 0. The summed E-state index contributed by atoms with van der Waals surface area (Å²) in [5, 5.41) is 0. The molecule has 1 heterocycles. The van der Waals surface area contributed by atoms with Gasteiger partial charge in [0.2, 0.25) is 5.91 Å². The number of amides is 1. The van der Waals surface area contributed by atoms with E-state index in [0.29, 0.717) is 18.5 Å². The fourth-order valence-electron chi connectivity index (χ4n) is 1.06. The minimum atomic E-state index is 0.192. The Morgan fingerprint density at radius 1 is 1.89 bits per heavy atom. The predicted octanol–water partition coefficient (Wildman–Crippen LogP) is 1.19. The zero-order valence-corrected chi connectivity index (χ0v) is 6.19. The minimum Gasteiger partial charge on any atom is -0.326 e. The fourth-order valence-corrected chi connectivity index (χ4v) is 1.43. The van der Waals surface area contributed by atoms with E-state index >= 15 is 0 Å². The SMILES string of the molecule is C[C@@H]1CCC(=O)N1CCl. The van der Waals surface area contributed by atoms with Crippen LogP contribution in [0, 0.1) is 0 Å². The third-order valence-electron chi connectivity index (χ3n) is 1.76. The molecule has 1 amide bonds. The summed E-state index contributed by atoms with van der Waals surface area (Å²) in [5.74, 6) is 0.192. The van der Waals surface area contributed by atoms with Gasteiger partial charge in [-0.2, -0.15) is 0 Å². The number of halogens is 1. The van der Waals surface area contributed by atoms with Crippen LogP contribution in [0.2, 0.25) is 0 Å². The highest BCUT2D eigenvalue weighted by molar-refractivity contribution is 6.18. The maximum atomic E-state index is 10.9. The molecular weight excluding hydrogens is 138 g/mol. The van der Waals surface area contributed by atoms with Gasteiger partial charge in [0.1, 0.15) is 0 Å². The Morgan fingerprint density at radius 3 is 2.78 bits per heavy atom. The molecule has 0 radical (unpaired) electrons. The number of nitrogens with zero attached hydrogens (tertiary/aromatic N) is 1. The Labute approximate surface area is 59.8 Å². The third kappa shape index (κ3) is 1.18. The zero-order chi connectivity index (χ0) is 6.85. The Bertz CT molecular complexity index is 126. The average molecular weight is 148 g/mol. The first kappa shape index (κ1) is 6.87. The molecule has 1 atom stereocenters. The van der Waals surface area contributed by atoms with E-state index < -0.39 is 0 Å². The fraction of sp³-hybridized carbons (Fsp3) is 0.833. The van der Waals surface area contributed by atoms with Gasteiger partial charge < -0.3 is 4.90 Å². The maximum absolute atomic E-state index is 10.9. The number of rotatable bonds is 1. The number of hydrogen-bond acceptors (Lipinski definition) is 1. The van der Waals surface area contributed by atoms with Crippen molar-refractivity contribution in [2.45, 2.75) is 25.8 Å². The first-order valence-corrected chi connectivity index (χ1v) is 3.64. The smallest absolute Gasteiger partial charge is 0.223 e. The van der Waals surface area contributed by atoms with Crippen LogP contribution in [0.5, 0.6) is 0 Å². The van der Waals surface area contributed by atoms with E-state index in [1.165, 1.54) is 0 Å². The van der Waals surface area contributed by atoms with Crippen molar-refractivity contribution in [3.8, 4) is 0 Å². The highest BCUT2D eigenvalue weighted by atomic mass is 35.5. The Kier molecular flexibility index (Phi) is 1.96. The lowest BCUT2D eigenvalue weighted by Gasteiger charge is -2.16. The normalized spacial score (nSPS) is 27.6. The van der Waals surface area contributed by atoms with Crippen LogP contribution < -0.4 is 0 Å². The van der Waals surface area contributed by atoms with Gasteiger partial charge in [0, 0.05) is 12.5 Å². The lowest BCUT2D eigenvalue weighted by atomic mass is 10.2. The molecule has 0 aromatic heterocycles. The van der Waals surface area contributed by atoms with Gasteiger partial charge >= 0.3 is 0 Å². The second-order valence-electron chi connectivity index (χ2n) is 2.37. The molecule has 0 bridgehead atoms. The quantitative estimate of drug-likeness (QED) is 0.403. The number of likely N-dealkylation sites (tertiary alicyclic amines) is 1. The molecule has 1 saturated heterocycles. The van der Waals surface area contributed by atoms with Gasteiger partial charge in [0.15, 0.2) is 0 Å². The van der Waals surface area contributed by atoms with Crippen molar-refractivity contribution in [1.82, 2.24) is 4.90 Å². The van der Waals surface area contributed by atoms with E-state index in [-0.39, 0.29) is 5.91 Å². The number of carbonyl (C=O) groups excluding carboxylic acids is 1. The van der Waals surface area contributed by atoms with Crippen molar-refractivity contribution < 1.29 is 4.79 Å². The van der Waals surface area contributed by atoms with E-state index in [1.54, 1.807) is 4.90 Å². The van der Waals surface area contributed by atoms with Gasteiger partial charge in [-0.1, -0.05) is 0 Å². The first-order chi connectivity index (χ1) is 4.25. The topological polar surface area (TPSA) is 20.3 Å². The van der Waals surface area contributed by atoms with E-state index in [0.717, 1.165) is 6.42 Å². The summed E-state index contributed by atoms with van der Waals surface area (Å²) in [6.45, 7) is 2.02. The Balaban J connectivity index is 2.55. The molecule has 1 aliphatic heterocycles. The summed E-state index contributed by atoms with van der Waals surface area (Å²) >= 11 is 5.50. The molecule has 1 fully saturated rings. The monoisotopic (exact) mass is 147 g/mol. The third-order valence-corrected chi connectivity index (χ3v) is 2.01. The predicted molar refractivity (Wildman–Crippen MR) is 36.3 cm³/mol. The van der Waals surface area contributed by atoms with Crippen LogP contribution in [0.1, 0.15) is 19.8 Å². The second-order valence-corrected chi connectivity index (χ2v) is 2.61. The molecule has 3 heteroatoms. The van der Waals surface area contributed by atoms with Crippen LogP contribution in [0.25, 0.3) is 0 Å². The van der Waals surface area contributed by atoms with Gasteiger partial charge in [0.05, 0.1) is 6.00 Å². The minimum absolute atomic E-state index is 0.192. The largest absolute Gasteiger partial charge is 0.326 e. The molecule has 9 heavy (non-hydrogen) atoms. The second kappa shape index (κ2) is 2.56. The van der Waals surface area contributed by atoms with Crippen LogP contribution >= 0.6 is 11.6 Å². The molecule has 0 saturated carbocycles. The lowest BCUT2D eigenvalue weighted by molar-refractivity contribution is -0.127. The van der Waals surface area contributed by atoms with Crippen LogP contribution in [-0.4, -0.2) is 22.9 Å². The van der Waals surface area contributed by atoms with Gasteiger partial charge in [0.25, 0.3) is 0 Å². The molecule has 1 aliphatic rings. The van der Waals surface area contributed by atoms with E-state index in [2.05, 4.69) is 0 Å². The molecule has 0 aliphatic carbocycles. The van der Waals surface area contributed by atoms with Gasteiger partial charge in [-0.3, -0.25) is 4.79 Å². The van der Waals surface area contributed by atoms with Gasteiger partial charge in [-0.25, -0.2) is 0 Å². The first-order valence-electron chi connectivity index (χ1n) is 3.11. The molecule has 0 aromatic carbocycles. The molecule has 0 spiro atoms. The van der Waals surface area contributed by atoms with Crippen molar-refractivity contribution in [2.75, 3.05) is 6.00 Å². The molecular formula is C6H10ClNO. The van der Waals surface area contributed by atoms with Crippen molar-refractivity contribution in [3.63, 3.8) is 0 Å². The molecule has 52 valence electrons. The van der Waals surface area contributed by atoms with Crippen molar-refractivity contribution in [1.29, 1.82) is 0 Å². The Hall–Kier alpha value is -0.240. The summed E-state index contributed by atoms with van der Waals surface area (Å²) < 4.78 is 0. The summed E-state index contributed by atoms with van der Waals surface area (Å²) in [7, 11) is 0. The molecule has 0 N–H and O–H groups in total. The van der Waals surface area contributed by atoms with Crippen LogP contribution in [-0.2, 0) is 4.79 Å².